The minimum absolute atomic E-state index is 0.682. The van der Waals surface area contributed by atoms with Gasteiger partial charge in [-0.25, -0.2) is 0 Å². The van der Waals surface area contributed by atoms with E-state index >= 15 is 0 Å². The van der Waals surface area contributed by atoms with E-state index in [0.29, 0.717) is 5.41 Å². The number of alkyl halides is 1. The van der Waals surface area contributed by atoms with Gasteiger partial charge in [-0.05, 0) is 50.1 Å². The summed E-state index contributed by atoms with van der Waals surface area (Å²) in [6.45, 7) is 6.51. The summed E-state index contributed by atoms with van der Waals surface area (Å²) < 4.78 is 0. The molecule has 1 saturated carbocycles. The first-order valence-corrected chi connectivity index (χ1v) is 7.12. The topological polar surface area (TPSA) is 3.24 Å². The van der Waals surface area contributed by atoms with Gasteiger partial charge >= 0.3 is 0 Å². The van der Waals surface area contributed by atoms with Gasteiger partial charge in [0.25, 0.3) is 0 Å². The molecule has 0 unspecified atom stereocenters. The third-order valence-corrected chi connectivity index (χ3v) is 5.01. The van der Waals surface area contributed by atoms with Crippen LogP contribution in [0.4, 0.5) is 0 Å². The van der Waals surface area contributed by atoms with E-state index in [4.69, 9.17) is 0 Å². The van der Waals surface area contributed by atoms with E-state index in [1.54, 1.807) is 0 Å². The molecular formula is C12H22BrN. The first-order valence-electron chi connectivity index (χ1n) is 6.00. The molecule has 0 N–H and O–H groups in total. The second-order valence-corrected chi connectivity index (χ2v) is 6.19. The normalized spacial score (nSPS) is 28.7. The number of hydrogen-bond acceptors (Lipinski definition) is 1. The van der Waals surface area contributed by atoms with Crippen LogP contribution in [0.25, 0.3) is 0 Å². The lowest BCUT2D eigenvalue weighted by atomic mass is 9.70. The van der Waals surface area contributed by atoms with Crippen LogP contribution in [0.3, 0.4) is 0 Å². The SMILES string of the molecule is CC1(CN2CCC(CBr)CC2)CCC1. The summed E-state index contributed by atoms with van der Waals surface area (Å²) in [6, 6.07) is 0. The third kappa shape index (κ3) is 2.52. The van der Waals surface area contributed by atoms with Crippen molar-refractivity contribution >= 4 is 15.9 Å². The van der Waals surface area contributed by atoms with E-state index in [0.717, 1.165) is 5.92 Å². The van der Waals surface area contributed by atoms with Crippen LogP contribution >= 0.6 is 15.9 Å². The molecule has 2 heteroatoms. The van der Waals surface area contributed by atoms with E-state index in [1.807, 2.05) is 0 Å². The maximum Gasteiger partial charge on any atom is 0.00606 e. The fraction of sp³-hybridized carbons (Fsp3) is 1.00. The van der Waals surface area contributed by atoms with Crippen LogP contribution in [0.5, 0.6) is 0 Å². The highest BCUT2D eigenvalue weighted by atomic mass is 79.9. The molecule has 0 radical (unpaired) electrons. The van der Waals surface area contributed by atoms with Crippen LogP contribution in [0.2, 0.25) is 0 Å². The molecule has 0 atom stereocenters. The molecule has 0 aromatic heterocycles. The number of nitrogens with zero attached hydrogens (tertiary/aromatic N) is 1. The summed E-state index contributed by atoms with van der Waals surface area (Å²) in [5, 5.41) is 1.21. The van der Waals surface area contributed by atoms with Crippen molar-refractivity contribution in [2.24, 2.45) is 11.3 Å². The summed E-state index contributed by atoms with van der Waals surface area (Å²) in [4.78, 5) is 2.69. The number of rotatable bonds is 3. The molecule has 0 aromatic carbocycles. The predicted octanol–water partition coefficient (Wildman–Crippen LogP) is 3.28. The van der Waals surface area contributed by atoms with Gasteiger partial charge in [0.05, 0.1) is 0 Å². The summed E-state index contributed by atoms with van der Waals surface area (Å²) >= 11 is 3.60. The second kappa shape index (κ2) is 4.52. The van der Waals surface area contributed by atoms with Gasteiger partial charge in [-0.1, -0.05) is 29.3 Å². The molecule has 0 aromatic rings. The van der Waals surface area contributed by atoms with Gasteiger partial charge in [-0.2, -0.15) is 0 Å². The number of piperidine rings is 1. The monoisotopic (exact) mass is 259 g/mol. The molecule has 1 aliphatic carbocycles. The lowest BCUT2D eigenvalue weighted by Crippen LogP contribution is -2.44. The molecular weight excluding hydrogens is 238 g/mol. The van der Waals surface area contributed by atoms with Crippen molar-refractivity contribution in [3.8, 4) is 0 Å². The smallest absolute Gasteiger partial charge is 0.00606 e. The van der Waals surface area contributed by atoms with Gasteiger partial charge in [-0.3, -0.25) is 0 Å². The Morgan fingerprint density at radius 3 is 2.36 bits per heavy atom. The Kier molecular flexibility index (Phi) is 3.54. The average molecular weight is 260 g/mol. The van der Waals surface area contributed by atoms with Crippen molar-refractivity contribution in [1.29, 1.82) is 0 Å². The molecule has 2 rings (SSSR count). The molecule has 1 saturated heterocycles. The molecule has 14 heavy (non-hydrogen) atoms. The zero-order chi connectivity index (χ0) is 10.0. The molecule has 1 aliphatic heterocycles. The molecule has 2 aliphatic rings. The van der Waals surface area contributed by atoms with Crippen LogP contribution in [0, 0.1) is 11.3 Å². The van der Waals surface area contributed by atoms with E-state index in [9.17, 15) is 0 Å². The molecule has 0 bridgehead atoms. The Morgan fingerprint density at radius 2 is 1.93 bits per heavy atom. The van der Waals surface area contributed by atoms with Gasteiger partial charge in [0.2, 0.25) is 0 Å². The maximum atomic E-state index is 3.60. The van der Waals surface area contributed by atoms with E-state index in [1.165, 1.54) is 57.1 Å². The van der Waals surface area contributed by atoms with Crippen LogP contribution in [0.15, 0.2) is 0 Å². The van der Waals surface area contributed by atoms with E-state index < -0.39 is 0 Å². The van der Waals surface area contributed by atoms with Crippen LogP contribution < -0.4 is 0 Å². The van der Waals surface area contributed by atoms with Gasteiger partial charge in [0.1, 0.15) is 0 Å². The zero-order valence-corrected chi connectivity index (χ0v) is 10.9. The Morgan fingerprint density at radius 1 is 1.29 bits per heavy atom. The Bertz CT molecular complexity index is 181. The maximum absolute atomic E-state index is 3.60. The zero-order valence-electron chi connectivity index (χ0n) is 9.27. The summed E-state index contributed by atoms with van der Waals surface area (Å²) in [7, 11) is 0. The summed E-state index contributed by atoms with van der Waals surface area (Å²) in [5.74, 6) is 0.945. The molecule has 1 heterocycles. The first kappa shape index (κ1) is 10.9. The largest absolute Gasteiger partial charge is 0.303 e. The van der Waals surface area contributed by atoms with E-state index in [-0.39, 0.29) is 0 Å². The third-order valence-electron chi connectivity index (χ3n) is 4.09. The molecule has 1 nitrogen and oxygen atoms in total. The van der Waals surface area contributed by atoms with Gasteiger partial charge in [0.15, 0.2) is 0 Å². The van der Waals surface area contributed by atoms with Crippen LogP contribution in [-0.2, 0) is 0 Å². The van der Waals surface area contributed by atoms with Gasteiger partial charge in [0, 0.05) is 11.9 Å². The quantitative estimate of drug-likeness (QED) is 0.704. The van der Waals surface area contributed by atoms with Crippen molar-refractivity contribution < 1.29 is 0 Å². The van der Waals surface area contributed by atoms with Crippen molar-refractivity contribution in [1.82, 2.24) is 4.90 Å². The average Bonchev–Trinajstić information content (AvgIpc) is 2.17. The highest BCUT2D eigenvalue weighted by Crippen LogP contribution is 2.41. The van der Waals surface area contributed by atoms with Crippen molar-refractivity contribution in [3.63, 3.8) is 0 Å². The molecule has 82 valence electrons. The van der Waals surface area contributed by atoms with Crippen molar-refractivity contribution in [2.45, 2.75) is 39.0 Å². The minimum atomic E-state index is 0.682. The summed E-state index contributed by atoms with van der Waals surface area (Å²) in [5.41, 5.74) is 0.682. The van der Waals surface area contributed by atoms with E-state index in [2.05, 4.69) is 27.8 Å². The lowest BCUT2D eigenvalue weighted by molar-refractivity contribution is 0.0663. The first-order chi connectivity index (χ1) is 6.72. The minimum Gasteiger partial charge on any atom is -0.303 e. The second-order valence-electron chi connectivity index (χ2n) is 5.54. The van der Waals surface area contributed by atoms with Crippen molar-refractivity contribution in [2.75, 3.05) is 25.0 Å². The molecule has 0 amide bonds. The highest BCUT2D eigenvalue weighted by Gasteiger charge is 2.34. The van der Waals surface area contributed by atoms with Crippen molar-refractivity contribution in [3.05, 3.63) is 0 Å². The molecule has 2 fully saturated rings. The fourth-order valence-corrected chi connectivity index (χ4v) is 3.42. The Labute approximate surface area is 96.4 Å². The predicted molar refractivity (Wildman–Crippen MR) is 64.9 cm³/mol. The van der Waals surface area contributed by atoms with Crippen LogP contribution in [0.1, 0.15) is 39.0 Å². The molecule has 0 spiro atoms. The Hall–Kier alpha value is 0.440. The van der Waals surface area contributed by atoms with Crippen LogP contribution in [-0.4, -0.2) is 29.9 Å². The standard InChI is InChI=1S/C12H22BrN/c1-12(5-2-6-12)10-14-7-3-11(9-13)4-8-14/h11H,2-10H2,1H3. The fourth-order valence-electron chi connectivity index (χ4n) is 2.78. The number of hydrogen-bond donors (Lipinski definition) is 0. The van der Waals surface area contributed by atoms with Gasteiger partial charge in [-0.15, -0.1) is 0 Å². The highest BCUT2D eigenvalue weighted by molar-refractivity contribution is 9.09. The Balaban J connectivity index is 1.73. The van der Waals surface area contributed by atoms with Gasteiger partial charge < -0.3 is 4.90 Å². The summed E-state index contributed by atoms with van der Waals surface area (Å²) in [6.07, 6.45) is 7.20. The number of likely N-dealkylation sites (tertiary alicyclic amines) is 1. The number of halogens is 1. The lowest BCUT2D eigenvalue weighted by Gasteiger charge is -2.44.